The van der Waals surface area contributed by atoms with Crippen molar-refractivity contribution in [2.24, 2.45) is 0 Å². The molecule has 23 heavy (non-hydrogen) atoms. The second-order valence-corrected chi connectivity index (χ2v) is 5.74. The van der Waals surface area contributed by atoms with E-state index in [4.69, 9.17) is 18.9 Å². The van der Waals surface area contributed by atoms with E-state index in [2.05, 4.69) is 12.2 Å². The van der Waals surface area contributed by atoms with Crippen molar-refractivity contribution < 1.29 is 23.7 Å². The van der Waals surface area contributed by atoms with Crippen molar-refractivity contribution in [1.29, 1.82) is 0 Å². The Labute approximate surface area is 136 Å². The first-order valence-corrected chi connectivity index (χ1v) is 8.02. The summed E-state index contributed by atoms with van der Waals surface area (Å²) in [6.07, 6.45) is 6.10. The fourth-order valence-corrected chi connectivity index (χ4v) is 2.77. The standard InChI is InChI=1S/C18H22O5/c1-20-14-10-8-13(9-11-14)18-21-12-16-15(23-18)6-4-2-3-5-7-17(19)22-16/h2,4,8-11,15-16,18H,3,5-7,12H2,1H3/b4-2-/t15-,16-,18+/m0/s1. The molecule has 0 N–H and O–H groups in total. The fourth-order valence-electron chi connectivity index (χ4n) is 2.77. The molecule has 2 aliphatic rings. The van der Waals surface area contributed by atoms with Gasteiger partial charge in [0.25, 0.3) is 0 Å². The summed E-state index contributed by atoms with van der Waals surface area (Å²) in [5, 5.41) is 0. The first kappa shape index (κ1) is 16.0. The summed E-state index contributed by atoms with van der Waals surface area (Å²) < 4.78 is 22.5. The number of carbonyl (C=O) groups is 1. The summed E-state index contributed by atoms with van der Waals surface area (Å²) >= 11 is 0. The normalized spacial score (nSPS) is 30.0. The van der Waals surface area contributed by atoms with Gasteiger partial charge >= 0.3 is 5.97 Å². The third kappa shape index (κ3) is 4.12. The lowest BCUT2D eigenvalue weighted by Gasteiger charge is -2.36. The summed E-state index contributed by atoms with van der Waals surface area (Å²) in [4.78, 5) is 11.8. The largest absolute Gasteiger partial charge is 0.497 e. The number of hydrogen-bond acceptors (Lipinski definition) is 5. The van der Waals surface area contributed by atoms with Crippen LogP contribution in [0, 0.1) is 0 Å². The lowest BCUT2D eigenvalue weighted by molar-refractivity contribution is -0.261. The molecule has 2 heterocycles. The summed E-state index contributed by atoms with van der Waals surface area (Å²) in [6, 6.07) is 7.60. The molecule has 3 atom stereocenters. The molecular weight excluding hydrogens is 296 g/mol. The van der Waals surface area contributed by atoms with Crippen LogP contribution >= 0.6 is 0 Å². The van der Waals surface area contributed by atoms with Gasteiger partial charge in [0.1, 0.15) is 11.9 Å². The number of rotatable bonds is 2. The quantitative estimate of drug-likeness (QED) is 0.619. The van der Waals surface area contributed by atoms with Gasteiger partial charge in [-0.15, -0.1) is 0 Å². The topological polar surface area (TPSA) is 54.0 Å². The Hall–Kier alpha value is -1.85. The molecule has 1 aromatic carbocycles. The SMILES string of the molecule is COc1ccc([C@@H]2OC[C@@H]3OC(=O)CCC/C=C\C[C@@H]3O2)cc1. The lowest BCUT2D eigenvalue weighted by atomic mass is 10.1. The first-order chi connectivity index (χ1) is 11.3. The van der Waals surface area contributed by atoms with Crippen LogP contribution in [0.25, 0.3) is 0 Å². The van der Waals surface area contributed by atoms with E-state index >= 15 is 0 Å². The molecule has 1 fully saturated rings. The fraction of sp³-hybridized carbons (Fsp3) is 0.500. The predicted octanol–water partition coefficient (Wildman–Crippen LogP) is 3.15. The van der Waals surface area contributed by atoms with Crippen LogP contribution in [0.15, 0.2) is 36.4 Å². The minimum absolute atomic E-state index is 0.176. The van der Waals surface area contributed by atoms with Crippen molar-refractivity contribution in [3.05, 3.63) is 42.0 Å². The highest BCUT2D eigenvalue weighted by molar-refractivity contribution is 5.69. The minimum atomic E-state index is -0.447. The van der Waals surface area contributed by atoms with Gasteiger partial charge in [0.05, 0.1) is 13.7 Å². The van der Waals surface area contributed by atoms with Crippen LogP contribution in [0.2, 0.25) is 0 Å². The maximum Gasteiger partial charge on any atom is 0.306 e. The Kier molecular flexibility index (Phi) is 5.31. The molecule has 5 nitrogen and oxygen atoms in total. The number of carbonyl (C=O) groups excluding carboxylic acids is 1. The van der Waals surface area contributed by atoms with Crippen LogP contribution in [0.4, 0.5) is 0 Å². The first-order valence-electron chi connectivity index (χ1n) is 8.02. The number of methoxy groups -OCH3 is 1. The second kappa shape index (κ2) is 7.62. The molecule has 5 heteroatoms. The molecule has 0 radical (unpaired) electrons. The van der Waals surface area contributed by atoms with Crippen LogP contribution < -0.4 is 4.74 Å². The maximum atomic E-state index is 11.8. The van der Waals surface area contributed by atoms with Crippen molar-refractivity contribution in [3.8, 4) is 5.75 Å². The molecule has 0 amide bonds. The molecule has 0 unspecified atom stereocenters. The molecule has 3 rings (SSSR count). The minimum Gasteiger partial charge on any atom is -0.497 e. The van der Waals surface area contributed by atoms with Gasteiger partial charge in [0.15, 0.2) is 12.4 Å². The van der Waals surface area contributed by atoms with E-state index < -0.39 is 6.29 Å². The van der Waals surface area contributed by atoms with Crippen molar-refractivity contribution in [2.45, 2.75) is 44.2 Å². The van der Waals surface area contributed by atoms with Crippen molar-refractivity contribution in [2.75, 3.05) is 13.7 Å². The molecule has 1 saturated heterocycles. The van der Waals surface area contributed by atoms with Gasteiger partial charge in [0, 0.05) is 12.0 Å². The number of esters is 1. The summed E-state index contributed by atoms with van der Waals surface area (Å²) in [7, 11) is 1.63. The summed E-state index contributed by atoms with van der Waals surface area (Å²) in [5.41, 5.74) is 0.927. The number of hydrogen-bond donors (Lipinski definition) is 0. The zero-order valence-corrected chi connectivity index (χ0v) is 13.3. The lowest BCUT2D eigenvalue weighted by Crippen LogP contribution is -2.43. The molecule has 0 spiro atoms. The van der Waals surface area contributed by atoms with E-state index in [0.717, 1.165) is 24.2 Å². The smallest absolute Gasteiger partial charge is 0.306 e. The van der Waals surface area contributed by atoms with E-state index in [1.54, 1.807) is 7.11 Å². The molecule has 2 aliphatic heterocycles. The Bertz CT molecular complexity index is 551. The van der Waals surface area contributed by atoms with Crippen molar-refractivity contribution in [3.63, 3.8) is 0 Å². The van der Waals surface area contributed by atoms with Gasteiger partial charge in [-0.1, -0.05) is 24.3 Å². The number of ether oxygens (including phenoxy) is 4. The highest BCUT2D eigenvalue weighted by Gasteiger charge is 2.34. The molecular formula is C18H22O5. The third-order valence-electron chi connectivity index (χ3n) is 4.08. The van der Waals surface area contributed by atoms with E-state index in [-0.39, 0.29) is 18.2 Å². The van der Waals surface area contributed by atoms with Crippen LogP contribution in [-0.4, -0.2) is 31.9 Å². The Morgan fingerprint density at radius 1 is 1.13 bits per heavy atom. The van der Waals surface area contributed by atoms with Crippen LogP contribution in [0.1, 0.15) is 37.5 Å². The number of benzene rings is 1. The van der Waals surface area contributed by atoms with Crippen LogP contribution in [-0.2, 0) is 19.0 Å². The second-order valence-electron chi connectivity index (χ2n) is 5.74. The van der Waals surface area contributed by atoms with Gasteiger partial charge in [0.2, 0.25) is 0 Å². The van der Waals surface area contributed by atoms with Gasteiger partial charge in [-0.3, -0.25) is 4.79 Å². The van der Waals surface area contributed by atoms with Gasteiger partial charge in [-0.05, 0) is 31.4 Å². The molecule has 0 aromatic heterocycles. The molecule has 0 aliphatic carbocycles. The van der Waals surface area contributed by atoms with Gasteiger partial charge in [-0.2, -0.15) is 0 Å². The monoisotopic (exact) mass is 318 g/mol. The highest BCUT2D eigenvalue weighted by atomic mass is 16.7. The maximum absolute atomic E-state index is 11.8. The van der Waals surface area contributed by atoms with Crippen molar-refractivity contribution in [1.82, 2.24) is 0 Å². The van der Waals surface area contributed by atoms with Crippen LogP contribution in [0.5, 0.6) is 5.75 Å². The average Bonchev–Trinajstić information content (AvgIpc) is 2.59. The molecule has 124 valence electrons. The zero-order valence-electron chi connectivity index (χ0n) is 13.3. The highest BCUT2D eigenvalue weighted by Crippen LogP contribution is 2.30. The number of allylic oxidation sites excluding steroid dienone is 1. The van der Waals surface area contributed by atoms with Crippen LogP contribution in [0.3, 0.4) is 0 Å². The zero-order chi connectivity index (χ0) is 16.1. The van der Waals surface area contributed by atoms with Crippen molar-refractivity contribution >= 4 is 5.97 Å². The Morgan fingerprint density at radius 3 is 2.74 bits per heavy atom. The molecule has 1 aromatic rings. The third-order valence-corrected chi connectivity index (χ3v) is 4.08. The Morgan fingerprint density at radius 2 is 1.96 bits per heavy atom. The predicted molar refractivity (Wildman–Crippen MR) is 84.0 cm³/mol. The van der Waals surface area contributed by atoms with Gasteiger partial charge in [-0.25, -0.2) is 0 Å². The summed E-state index contributed by atoms with van der Waals surface area (Å²) in [6.45, 7) is 0.348. The summed E-state index contributed by atoms with van der Waals surface area (Å²) in [5.74, 6) is 0.614. The molecule has 0 saturated carbocycles. The van der Waals surface area contributed by atoms with E-state index in [9.17, 15) is 4.79 Å². The van der Waals surface area contributed by atoms with E-state index in [1.165, 1.54) is 0 Å². The van der Waals surface area contributed by atoms with E-state index in [0.29, 0.717) is 19.4 Å². The Balaban J connectivity index is 1.70. The molecule has 0 bridgehead atoms. The average molecular weight is 318 g/mol. The number of fused-ring (bicyclic) bond motifs is 1. The van der Waals surface area contributed by atoms with E-state index in [1.807, 2.05) is 24.3 Å². The van der Waals surface area contributed by atoms with Gasteiger partial charge < -0.3 is 18.9 Å².